The first kappa shape index (κ1) is 20.4. The lowest BCUT2D eigenvalue weighted by Gasteiger charge is -2.20. The molecule has 1 atom stereocenters. The maximum atomic E-state index is 12.0. The highest BCUT2D eigenvalue weighted by atomic mass is 16.3. The molecule has 0 spiro atoms. The number of rotatable bonds is 7. The molecule has 2 aromatic carbocycles. The van der Waals surface area contributed by atoms with Gasteiger partial charge in [0.2, 0.25) is 11.8 Å². The number of aliphatic hydroxyl groups is 1. The van der Waals surface area contributed by atoms with E-state index >= 15 is 0 Å². The second-order valence-corrected chi connectivity index (χ2v) is 6.72. The molecule has 2 aromatic rings. The van der Waals surface area contributed by atoms with Crippen molar-refractivity contribution in [3.8, 4) is 0 Å². The van der Waals surface area contributed by atoms with Crippen LogP contribution in [0.25, 0.3) is 0 Å². The Hall–Kier alpha value is -2.92. The van der Waals surface area contributed by atoms with Gasteiger partial charge in [0.15, 0.2) is 0 Å². The summed E-state index contributed by atoms with van der Waals surface area (Å²) in [7, 11) is 1.65. The topological polar surface area (TPSA) is 69.6 Å². The molecule has 0 bridgehead atoms. The molecule has 5 nitrogen and oxygen atoms in total. The molecular formula is C22H26N2O3. The molecule has 0 fully saturated rings. The zero-order valence-electron chi connectivity index (χ0n) is 16.0. The van der Waals surface area contributed by atoms with E-state index in [0.29, 0.717) is 17.8 Å². The Morgan fingerprint density at radius 2 is 1.81 bits per heavy atom. The van der Waals surface area contributed by atoms with Crippen molar-refractivity contribution in [3.05, 3.63) is 77.9 Å². The zero-order chi connectivity index (χ0) is 20.0. The smallest absolute Gasteiger partial charge is 0.250 e. The zero-order valence-corrected chi connectivity index (χ0v) is 16.0. The molecule has 2 amide bonds. The van der Waals surface area contributed by atoms with E-state index in [1.165, 1.54) is 11.0 Å². The van der Waals surface area contributed by atoms with Crippen LogP contribution in [-0.4, -0.2) is 24.0 Å². The molecule has 2 N–H and O–H groups in total. The molecule has 0 heterocycles. The summed E-state index contributed by atoms with van der Waals surface area (Å²) in [4.78, 5) is 25.4. The number of carbonyl (C=O) groups is 2. The first-order valence-electron chi connectivity index (χ1n) is 8.88. The van der Waals surface area contributed by atoms with Crippen molar-refractivity contribution >= 4 is 17.5 Å². The SMILES string of the molecule is C=CC(=O)N(C)c1cc(CNC(=O)C(C)C)cc(C(O)c2ccccc2)c1. The first-order valence-corrected chi connectivity index (χ1v) is 8.88. The van der Waals surface area contributed by atoms with Gasteiger partial charge in [-0.15, -0.1) is 0 Å². The van der Waals surface area contributed by atoms with Crippen LogP contribution in [0.5, 0.6) is 0 Å². The van der Waals surface area contributed by atoms with E-state index in [0.717, 1.165) is 11.1 Å². The van der Waals surface area contributed by atoms with Gasteiger partial charge in [-0.25, -0.2) is 0 Å². The highest BCUT2D eigenvalue weighted by Gasteiger charge is 2.16. The summed E-state index contributed by atoms with van der Waals surface area (Å²) in [5.41, 5.74) is 2.83. The summed E-state index contributed by atoms with van der Waals surface area (Å²) in [6.07, 6.45) is 0.401. The van der Waals surface area contributed by atoms with Crippen molar-refractivity contribution in [1.29, 1.82) is 0 Å². The van der Waals surface area contributed by atoms with Crippen LogP contribution in [0.4, 0.5) is 5.69 Å². The van der Waals surface area contributed by atoms with E-state index in [-0.39, 0.29) is 17.7 Å². The Kier molecular flexibility index (Phi) is 6.91. The molecule has 0 aliphatic rings. The fourth-order valence-corrected chi connectivity index (χ4v) is 2.64. The van der Waals surface area contributed by atoms with Crippen LogP contribution in [0, 0.1) is 5.92 Å². The lowest BCUT2D eigenvalue weighted by Crippen LogP contribution is -2.28. The van der Waals surface area contributed by atoms with E-state index in [1.54, 1.807) is 13.1 Å². The van der Waals surface area contributed by atoms with Gasteiger partial charge in [-0.05, 0) is 34.9 Å². The Bertz CT molecular complexity index is 816. The number of anilines is 1. The molecule has 0 aliphatic heterocycles. The van der Waals surface area contributed by atoms with Crippen LogP contribution in [-0.2, 0) is 16.1 Å². The van der Waals surface area contributed by atoms with Gasteiger partial charge in [0.25, 0.3) is 0 Å². The third-order valence-electron chi connectivity index (χ3n) is 4.31. The van der Waals surface area contributed by atoms with Crippen molar-refractivity contribution in [1.82, 2.24) is 5.32 Å². The molecule has 0 saturated heterocycles. The maximum Gasteiger partial charge on any atom is 0.250 e. The number of benzene rings is 2. The average Bonchev–Trinajstić information content (AvgIpc) is 2.70. The van der Waals surface area contributed by atoms with Crippen molar-refractivity contribution in [2.75, 3.05) is 11.9 Å². The Labute approximate surface area is 160 Å². The minimum Gasteiger partial charge on any atom is -0.384 e. The standard InChI is InChI=1S/C22H26N2O3/c1-5-20(25)24(4)19-12-16(14-23-22(27)15(2)3)11-18(13-19)21(26)17-9-7-6-8-10-17/h5-13,15,21,26H,1,14H2,2-4H3,(H,23,27). The number of hydrogen-bond acceptors (Lipinski definition) is 3. The number of aliphatic hydroxyl groups excluding tert-OH is 1. The number of amides is 2. The minimum atomic E-state index is -0.835. The van der Waals surface area contributed by atoms with Crippen LogP contribution >= 0.6 is 0 Å². The molecule has 2 rings (SSSR count). The predicted molar refractivity (Wildman–Crippen MR) is 107 cm³/mol. The van der Waals surface area contributed by atoms with Gasteiger partial charge < -0.3 is 15.3 Å². The van der Waals surface area contributed by atoms with E-state index in [1.807, 2.05) is 56.3 Å². The Morgan fingerprint density at radius 3 is 2.41 bits per heavy atom. The quantitative estimate of drug-likeness (QED) is 0.740. The summed E-state index contributed by atoms with van der Waals surface area (Å²) in [6, 6.07) is 14.7. The maximum absolute atomic E-state index is 12.0. The predicted octanol–water partition coefficient (Wildman–Crippen LogP) is 3.19. The van der Waals surface area contributed by atoms with E-state index in [9.17, 15) is 14.7 Å². The molecular weight excluding hydrogens is 340 g/mol. The summed E-state index contributed by atoms with van der Waals surface area (Å²) in [5, 5.41) is 13.6. The van der Waals surface area contributed by atoms with Gasteiger partial charge in [0.05, 0.1) is 0 Å². The summed E-state index contributed by atoms with van der Waals surface area (Å²) in [6.45, 7) is 7.48. The third-order valence-corrected chi connectivity index (χ3v) is 4.31. The van der Waals surface area contributed by atoms with Crippen LogP contribution in [0.15, 0.2) is 61.2 Å². The molecule has 27 heavy (non-hydrogen) atoms. The largest absolute Gasteiger partial charge is 0.384 e. The number of nitrogens with zero attached hydrogens (tertiary/aromatic N) is 1. The van der Waals surface area contributed by atoms with E-state index in [4.69, 9.17) is 0 Å². The molecule has 0 aliphatic carbocycles. The van der Waals surface area contributed by atoms with Crippen LogP contribution in [0.3, 0.4) is 0 Å². The number of carbonyl (C=O) groups excluding carboxylic acids is 2. The monoisotopic (exact) mass is 366 g/mol. The van der Waals surface area contributed by atoms with Crippen LogP contribution < -0.4 is 10.2 Å². The van der Waals surface area contributed by atoms with Gasteiger partial charge in [-0.2, -0.15) is 0 Å². The van der Waals surface area contributed by atoms with Crippen molar-refractivity contribution in [2.45, 2.75) is 26.5 Å². The van der Waals surface area contributed by atoms with Crippen LogP contribution in [0.2, 0.25) is 0 Å². The normalized spacial score (nSPS) is 11.7. The first-order chi connectivity index (χ1) is 12.8. The highest BCUT2D eigenvalue weighted by molar-refractivity contribution is 6.00. The fraction of sp³-hybridized carbons (Fsp3) is 0.273. The van der Waals surface area contributed by atoms with Gasteiger partial charge >= 0.3 is 0 Å². The summed E-state index contributed by atoms with van der Waals surface area (Å²) < 4.78 is 0. The van der Waals surface area contributed by atoms with E-state index in [2.05, 4.69) is 11.9 Å². The lowest BCUT2D eigenvalue weighted by atomic mass is 9.98. The van der Waals surface area contributed by atoms with Crippen LogP contribution in [0.1, 0.15) is 36.6 Å². The Balaban J connectivity index is 2.39. The average molecular weight is 366 g/mol. The summed E-state index contributed by atoms with van der Waals surface area (Å²) >= 11 is 0. The highest BCUT2D eigenvalue weighted by Crippen LogP contribution is 2.27. The number of nitrogens with one attached hydrogen (secondary N) is 1. The number of hydrogen-bond donors (Lipinski definition) is 2. The molecule has 0 radical (unpaired) electrons. The van der Waals surface area contributed by atoms with Crippen molar-refractivity contribution in [2.24, 2.45) is 5.92 Å². The third kappa shape index (κ3) is 5.28. The van der Waals surface area contributed by atoms with Crippen molar-refractivity contribution in [3.63, 3.8) is 0 Å². The number of likely N-dealkylation sites (N-methyl/N-ethyl adjacent to an activating group) is 1. The molecule has 0 aromatic heterocycles. The van der Waals surface area contributed by atoms with Gasteiger partial charge in [-0.3, -0.25) is 9.59 Å². The summed E-state index contributed by atoms with van der Waals surface area (Å²) in [5.74, 6) is -0.424. The second-order valence-electron chi connectivity index (χ2n) is 6.72. The molecule has 142 valence electrons. The van der Waals surface area contributed by atoms with Gasteiger partial charge in [0, 0.05) is 25.2 Å². The van der Waals surface area contributed by atoms with Crippen molar-refractivity contribution < 1.29 is 14.7 Å². The second kappa shape index (κ2) is 9.14. The van der Waals surface area contributed by atoms with Gasteiger partial charge in [-0.1, -0.05) is 56.8 Å². The molecule has 0 saturated carbocycles. The lowest BCUT2D eigenvalue weighted by molar-refractivity contribution is -0.124. The van der Waals surface area contributed by atoms with E-state index < -0.39 is 6.10 Å². The molecule has 5 heteroatoms. The molecule has 1 unspecified atom stereocenters. The van der Waals surface area contributed by atoms with Gasteiger partial charge in [0.1, 0.15) is 6.10 Å². The minimum absolute atomic E-state index is 0.0546. The fourth-order valence-electron chi connectivity index (χ4n) is 2.64. The Morgan fingerprint density at radius 1 is 1.15 bits per heavy atom.